The lowest BCUT2D eigenvalue weighted by molar-refractivity contribution is -0.385. The molecule has 4 heteroatoms. The topological polar surface area (TPSA) is 55.2 Å². The van der Waals surface area contributed by atoms with Crippen molar-refractivity contribution in [2.24, 2.45) is 0 Å². The Balaban J connectivity index is 3.33. The van der Waals surface area contributed by atoms with Gasteiger partial charge in [-0.1, -0.05) is 0 Å². The molecule has 0 amide bonds. The van der Waals surface area contributed by atoms with Crippen molar-refractivity contribution in [2.45, 2.75) is 13.8 Å². The zero-order valence-corrected chi connectivity index (χ0v) is 7.92. The molecule has 0 aliphatic carbocycles. The average Bonchev–Trinajstić information content (AvgIpc) is 2.09. The van der Waals surface area contributed by atoms with E-state index in [1.165, 1.54) is 0 Å². The van der Waals surface area contributed by atoms with Crippen molar-refractivity contribution in [3.8, 4) is 0 Å². The fourth-order valence-electron chi connectivity index (χ4n) is 1.17. The molecule has 1 aromatic carbocycles. The average molecular weight is 180 g/mol. The third kappa shape index (κ3) is 1.77. The number of nitrogens with zero attached hydrogens (tertiary/aromatic N) is 1. The van der Waals surface area contributed by atoms with E-state index in [0.29, 0.717) is 0 Å². The lowest BCUT2D eigenvalue weighted by Gasteiger charge is -2.05. The zero-order valence-electron chi connectivity index (χ0n) is 7.92. The second-order valence-electron chi connectivity index (χ2n) is 2.94. The van der Waals surface area contributed by atoms with Gasteiger partial charge in [-0.3, -0.25) is 10.1 Å². The Bertz CT molecular complexity index is 348. The van der Waals surface area contributed by atoms with E-state index in [4.69, 9.17) is 0 Å². The van der Waals surface area contributed by atoms with Gasteiger partial charge in [0, 0.05) is 24.4 Å². The first-order valence-corrected chi connectivity index (χ1v) is 3.99. The van der Waals surface area contributed by atoms with Crippen LogP contribution in [0.4, 0.5) is 11.4 Å². The quantitative estimate of drug-likeness (QED) is 0.561. The summed E-state index contributed by atoms with van der Waals surface area (Å²) in [6.45, 7) is 3.62. The van der Waals surface area contributed by atoms with Crippen LogP contribution >= 0.6 is 0 Å². The summed E-state index contributed by atoms with van der Waals surface area (Å²) in [5.41, 5.74) is 2.60. The Hall–Kier alpha value is -1.58. The highest BCUT2D eigenvalue weighted by Crippen LogP contribution is 2.25. The summed E-state index contributed by atoms with van der Waals surface area (Å²) < 4.78 is 0. The summed E-state index contributed by atoms with van der Waals surface area (Å²) >= 11 is 0. The Morgan fingerprint density at radius 2 is 2.00 bits per heavy atom. The minimum Gasteiger partial charge on any atom is -0.388 e. The van der Waals surface area contributed by atoms with Crippen LogP contribution in [0.15, 0.2) is 12.1 Å². The molecule has 0 bridgehead atoms. The smallest absolute Gasteiger partial charge is 0.274 e. The summed E-state index contributed by atoms with van der Waals surface area (Å²) in [5, 5.41) is 13.5. The van der Waals surface area contributed by atoms with Gasteiger partial charge in [-0.05, 0) is 25.5 Å². The van der Waals surface area contributed by atoms with E-state index in [-0.39, 0.29) is 10.6 Å². The van der Waals surface area contributed by atoms with Crippen LogP contribution in [0, 0.1) is 24.0 Å². The van der Waals surface area contributed by atoms with Gasteiger partial charge in [-0.25, -0.2) is 0 Å². The molecular formula is C9H12N2O2. The van der Waals surface area contributed by atoms with Gasteiger partial charge >= 0.3 is 0 Å². The van der Waals surface area contributed by atoms with Crippen LogP contribution in [0.3, 0.4) is 0 Å². The zero-order chi connectivity index (χ0) is 10.0. The predicted molar refractivity (Wildman–Crippen MR) is 52.1 cm³/mol. The molecule has 1 rings (SSSR count). The van der Waals surface area contributed by atoms with Gasteiger partial charge in [0.1, 0.15) is 0 Å². The molecule has 0 heterocycles. The molecule has 0 fully saturated rings. The summed E-state index contributed by atoms with van der Waals surface area (Å²) in [4.78, 5) is 10.3. The monoisotopic (exact) mass is 180 g/mol. The molecule has 1 N–H and O–H groups in total. The van der Waals surface area contributed by atoms with Gasteiger partial charge in [0.25, 0.3) is 5.69 Å². The van der Waals surface area contributed by atoms with Gasteiger partial charge < -0.3 is 5.32 Å². The molecule has 0 aliphatic heterocycles. The van der Waals surface area contributed by atoms with Crippen molar-refractivity contribution < 1.29 is 4.92 Å². The van der Waals surface area contributed by atoms with Gasteiger partial charge in [-0.15, -0.1) is 0 Å². The molecule has 0 aliphatic rings. The molecule has 0 saturated heterocycles. The highest BCUT2D eigenvalue weighted by atomic mass is 16.6. The van der Waals surface area contributed by atoms with E-state index in [9.17, 15) is 10.1 Å². The molecule has 13 heavy (non-hydrogen) atoms. The summed E-state index contributed by atoms with van der Waals surface area (Å²) in [6, 6.07) is 3.44. The van der Waals surface area contributed by atoms with Crippen LogP contribution in [0.25, 0.3) is 0 Å². The van der Waals surface area contributed by atoms with E-state index < -0.39 is 0 Å². The molecule has 0 radical (unpaired) electrons. The fraction of sp³-hybridized carbons (Fsp3) is 0.333. The molecular weight excluding hydrogens is 168 g/mol. The number of hydrogen-bond donors (Lipinski definition) is 1. The summed E-state index contributed by atoms with van der Waals surface area (Å²) in [5.74, 6) is 0. The second-order valence-corrected chi connectivity index (χ2v) is 2.94. The van der Waals surface area contributed by atoms with Crippen molar-refractivity contribution in [1.29, 1.82) is 0 Å². The third-order valence-corrected chi connectivity index (χ3v) is 2.13. The second kappa shape index (κ2) is 3.43. The molecule has 0 atom stereocenters. The number of benzene rings is 1. The number of aryl methyl sites for hydroxylation is 1. The number of nitro groups is 1. The number of nitrogens with one attached hydrogen (secondary N) is 1. The molecule has 0 spiro atoms. The molecule has 0 aromatic heterocycles. The van der Waals surface area contributed by atoms with Gasteiger partial charge in [0.15, 0.2) is 0 Å². The number of hydrogen-bond acceptors (Lipinski definition) is 3. The molecule has 1 aromatic rings. The predicted octanol–water partition coefficient (Wildman–Crippen LogP) is 2.25. The lowest BCUT2D eigenvalue weighted by atomic mass is 10.1. The van der Waals surface area contributed by atoms with E-state index in [1.807, 2.05) is 13.0 Å². The summed E-state index contributed by atoms with van der Waals surface area (Å²) in [7, 11) is 1.74. The minimum atomic E-state index is -0.358. The SMILES string of the molecule is CNc1cc(C)c(C)c([N+](=O)[O-])c1. The van der Waals surface area contributed by atoms with Gasteiger partial charge in [0.2, 0.25) is 0 Å². The number of anilines is 1. The van der Waals surface area contributed by atoms with Crippen LogP contribution in [-0.4, -0.2) is 12.0 Å². The maximum absolute atomic E-state index is 10.6. The van der Waals surface area contributed by atoms with Crippen LogP contribution in [0.2, 0.25) is 0 Å². The Morgan fingerprint density at radius 1 is 1.38 bits per heavy atom. The van der Waals surface area contributed by atoms with Crippen molar-refractivity contribution in [2.75, 3.05) is 12.4 Å². The van der Waals surface area contributed by atoms with Crippen LogP contribution < -0.4 is 5.32 Å². The van der Waals surface area contributed by atoms with E-state index in [0.717, 1.165) is 16.8 Å². The Morgan fingerprint density at radius 3 is 2.46 bits per heavy atom. The minimum absolute atomic E-state index is 0.171. The van der Waals surface area contributed by atoms with Crippen molar-refractivity contribution in [3.63, 3.8) is 0 Å². The Kier molecular flexibility index (Phi) is 2.51. The third-order valence-electron chi connectivity index (χ3n) is 2.13. The summed E-state index contributed by atoms with van der Waals surface area (Å²) in [6.07, 6.45) is 0. The molecule has 0 unspecified atom stereocenters. The number of rotatable bonds is 2. The molecule has 70 valence electrons. The van der Waals surface area contributed by atoms with Crippen molar-refractivity contribution >= 4 is 11.4 Å². The number of nitro benzene ring substituents is 1. The maximum atomic E-state index is 10.6. The van der Waals surface area contributed by atoms with Crippen molar-refractivity contribution in [3.05, 3.63) is 33.4 Å². The maximum Gasteiger partial charge on any atom is 0.274 e. The lowest BCUT2D eigenvalue weighted by Crippen LogP contribution is -1.97. The van der Waals surface area contributed by atoms with Gasteiger partial charge in [-0.2, -0.15) is 0 Å². The molecule has 0 saturated carbocycles. The first-order valence-electron chi connectivity index (χ1n) is 3.99. The van der Waals surface area contributed by atoms with Crippen LogP contribution in [-0.2, 0) is 0 Å². The highest BCUT2D eigenvalue weighted by molar-refractivity contribution is 5.57. The van der Waals surface area contributed by atoms with E-state index in [1.54, 1.807) is 20.0 Å². The Labute approximate surface area is 76.7 Å². The molecule has 4 nitrogen and oxygen atoms in total. The van der Waals surface area contributed by atoms with Crippen molar-refractivity contribution in [1.82, 2.24) is 0 Å². The standard InChI is InChI=1S/C9H12N2O2/c1-6-4-8(10-3)5-9(7(6)2)11(12)13/h4-5,10H,1-3H3. The highest BCUT2D eigenvalue weighted by Gasteiger charge is 2.13. The largest absolute Gasteiger partial charge is 0.388 e. The van der Waals surface area contributed by atoms with E-state index in [2.05, 4.69) is 5.32 Å². The fourth-order valence-corrected chi connectivity index (χ4v) is 1.17. The van der Waals surface area contributed by atoms with Crippen LogP contribution in [0.1, 0.15) is 11.1 Å². The first kappa shape index (κ1) is 9.51. The first-order chi connectivity index (χ1) is 6.06. The van der Waals surface area contributed by atoms with Gasteiger partial charge in [0.05, 0.1) is 4.92 Å². The van der Waals surface area contributed by atoms with Crippen LogP contribution in [0.5, 0.6) is 0 Å². The van der Waals surface area contributed by atoms with E-state index >= 15 is 0 Å². The normalized spacial score (nSPS) is 9.77.